The van der Waals surface area contributed by atoms with Crippen LogP contribution in [0.15, 0.2) is 0 Å². The molecule has 0 rings (SSSR count). The van der Waals surface area contributed by atoms with Crippen LogP contribution in [-0.2, 0) is 4.43 Å². The second kappa shape index (κ2) is 9.14. The van der Waals surface area contributed by atoms with E-state index in [4.69, 9.17) is 4.43 Å². The molecule has 3 unspecified atom stereocenters. The molecular weight excluding hydrogens is 236 g/mol. The Balaban J connectivity index is 5.12. The van der Waals surface area contributed by atoms with Crippen molar-refractivity contribution < 1.29 is 4.43 Å². The van der Waals surface area contributed by atoms with Crippen molar-refractivity contribution in [2.45, 2.75) is 97.2 Å². The van der Waals surface area contributed by atoms with Gasteiger partial charge in [0.2, 0.25) is 8.32 Å². The number of hydrogen-bond acceptors (Lipinski definition) is 1. The summed E-state index contributed by atoms with van der Waals surface area (Å²) in [5.41, 5.74) is 2.33. The minimum Gasteiger partial charge on any atom is -0.416 e. The van der Waals surface area contributed by atoms with E-state index in [0.717, 1.165) is 23.2 Å². The van der Waals surface area contributed by atoms with Gasteiger partial charge < -0.3 is 4.43 Å². The molecule has 0 aliphatic rings. The first-order valence-electron chi connectivity index (χ1n) is 8.14. The highest BCUT2D eigenvalue weighted by atomic mass is 28.4. The summed E-state index contributed by atoms with van der Waals surface area (Å²) in [5, 5.41) is 0. The summed E-state index contributed by atoms with van der Waals surface area (Å²) in [6, 6.07) is 0. The maximum absolute atomic E-state index is 6.67. The van der Waals surface area contributed by atoms with E-state index in [1.54, 1.807) is 0 Å². The van der Waals surface area contributed by atoms with E-state index in [1.165, 1.54) is 32.1 Å². The summed E-state index contributed by atoms with van der Waals surface area (Å²) in [5.74, 6) is 0. The SMILES string of the molecule is CCCCO[Si](C(C)CC)(C(C)CC)C(C)CC. The molecule has 0 aliphatic heterocycles. The van der Waals surface area contributed by atoms with Gasteiger partial charge >= 0.3 is 0 Å². The zero-order chi connectivity index (χ0) is 14.2. The predicted molar refractivity (Wildman–Crippen MR) is 85.8 cm³/mol. The first-order valence-corrected chi connectivity index (χ1v) is 10.3. The van der Waals surface area contributed by atoms with Crippen molar-refractivity contribution >= 4 is 8.32 Å². The lowest BCUT2D eigenvalue weighted by Crippen LogP contribution is -2.50. The zero-order valence-electron chi connectivity index (χ0n) is 13.9. The molecule has 0 aromatic rings. The Hall–Kier alpha value is 0.177. The molecule has 0 N–H and O–H groups in total. The van der Waals surface area contributed by atoms with Crippen LogP contribution in [0.1, 0.15) is 80.6 Å². The molecule has 0 aliphatic carbocycles. The first-order chi connectivity index (χ1) is 8.50. The summed E-state index contributed by atoms with van der Waals surface area (Å²) >= 11 is 0. The second-order valence-corrected chi connectivity index (χ2v) is 10.9. The van der Waals surface area contributed by atoms with Crippen molar-refractivity contribution in [2.24, 2.45) is 0 Å². The summed E-state index contributed by atoms with van der Waals surface area (Å²) < 4.78 is 6.67. The maximum atomic E-state index is 6.67. The van der Waals surface area contributed by atoms with Crippen LogP contribution in [0, 0.1) is 0 Å². The topological polar surface area (TPSA) is 9.23 Å². The second-order valence-electron chi connectivity index (χ2n) is 5.98. The van der Waals surface area contributed by atoms with Crippen LogP contribution in [0.4, 0.5) is 0 Å². The molecule has 0 aromatic heterocycles. The van der Waals surface area contributed by atoms with E-state index in [9.17, 15) is 0 Å². The fraction of sp³-hybridized carbons (Fsp3) is 1.00. The van der Waals surface area contributed by atoms with Crippen LogP contribution in [-0.4, -0.2) is 14.9 Å². The van der Waals surface area contributed by atoms with Crippen molar-refractivity contribution in [1.29, 1.82) is 0 Å². The average molecular weight is 273 g/mol. The summed E-state index contributed by atoms with van der Waals surface area (Å²) in [6.45, 7) is 17.6. The lowest BCUT2D eigenvalue weighted by atomic mass is 10.3. The van der Waals surface area contributed by atoms with Crippen LogP contribution in [0.5, 0.6) is 0 Å². The van der Waals surface area contributed by atoms with Crippen LogP contribution in [0.2, 0.25) is 16.6 Å². The van der Waals surface area contributed by atoms with Crippen molar-refractivity contribution in [3.63, 3.8) is 0 Å². The maximum Gasteiger partial charge on any atom is 0.201 e. The summed E-state index contributed by atoms with van der Waals surface area (Å²) in [4.78, 5) is 0. The molecule has 2 heteroatoms. The van der Waals surface area contributed by atoms with E-state index < -0.39 is 8.32 Å². The largest absolute Gasteiger partial charge is 0.416 e. The molecule has 0 fully saturated rings. The molecule has 0 heterocycles. The number of rotatable bonds is 10. The number of unbranched alkanes of at least 4 members (excludes halogenated alkanes) is 1. The Labute approximate surface area is 117 Å². The Morgan fingerprint density at radius 1 is 0.778 bits per heavy atom. The number of hydrogen-bond donors (Lipinski definition) is 0. The van der Waals surface area contributed by atoms with Gasteiger partial charge in [-0.2, -0.15) is 0 Å². The predicted octanol–water partition coefficient (Wildman–Crippen LogP) is 6.15. The van der Waals surface area contributed by atoms with Crippen LogP contribution < -0.4 is 0 Å². The standard InChI is InChI=1S/C16H36OSi/c1-8-12-13-17-18(14(5)9-2,15(6)10-3)16(7)11-4/h14-16H,8-13H2,1-7H3. The Morgan fingerprint density at radius 3 is 1.44 bits per heavy atom. The summed E-state index contributed by atoms with van der Waals surface area (Å²) in [7, 11) is -1.64. The molecule has 0 saturated heterocycles. The van der Waals surface area contributed by atoms with Gasteiger partial charge in [-0.3, -0.25) is 0 Å². The highest BCUT2D eigenvalue weighted by molar-refractivity contribution is 6.77. The monoisotopic (exact) mass is 272 g/mol. The quantitative estimate of drug-likeness (QED) is 0.342. The zero-order valence-corrected chi connectivity index (χ0v) is 14.9. The fourth-order valence-electron chi connectivity index (χ4n) is 3.23. The smallest absolute Gasteiger partial charge is 0.201 e. The Morgan fingerprint density at radius 2 is 1.17 bits per heavy atom. The van der Waals surface area contributed by atoms with Gasteiger partial charge in [0.1, 0.15) is 0 Å². The van der Waals surface area contributed by atoms with E-state index in [-0.39, 0.29) is 0 Å². The van der Waals surface area contributed by atoms with Gasteiger partial charge in [-0.25, -0.2) is 0 Å². The highest BCUT2D eigenvalue weighted by Crippen LogP contribution is 2.47. The van der Waals surface area contributed by atoms with Crippen molar-refractivity contribution in [2.75, 3.05) is 6.61 Å². The molecule has 3 atom stereocenters. The Bertz CT molecular complexity index is 179. The van der Waals surface area contributed by atoms with Crippen LogP contribution in [0.25, 0.3) is 0 Å². The van der Waals surface area contributed by atoms with Gasteiger partial charge in [0.05, 0.1) is 0 Å². The lowest BCUT2D eigenvalue weighted by molar-refractivity contribution is 0.263. The van der Waals surface area contributed by atoms with E-state index >= 15 is 0 Å². The molecular formula is C16H36OSi. The van der Waals surface area contributed by atoms with E-state index in [2.05, 4.69) is 48.5 Å². The van der Waals surface area contributed by atoms with Crippen molar-refractivity contribution in [1.82, 2.24) is 0 Å². The fourth-order valence-corrected chi connectivity index (χ4v) is 9.41. The van der Waals surface area contributed by atoms with Crippen LogP contribution >= 0.6 is 0 Å². The van der Waals surface area contributed by atoms with Crippen molar-refractivity contribution in [3.05, 3.63) is 0 Å². The van der Waals surface area contributed by atoms with Crippen LogP contribution in [0.3, 0.4) is 0 Å². The normalized spacial score (nSPS) is 20.2. The molecule has 1 nitrogen and oxygen atoms in total. The minimum atomic E-state index is -1.64. The van der Waals surface area contributed by atoms with Gasteiger partial charge in [-0.1, -0.05) is 74.1 Å². The molecule has 0 spiro atoms. The van der Waals surface area contributed by atoms with Gasteiger partial charge in [-0.15, -0.1) is 0 Å². The molecule has 0 saturated carbocycles. The van der Waals surface area contributed by atoms with Gasteiger partial charge in [0.15, 0.2) is 0 Å². The third kappa shape index (κ3) is 4.09. The molecule has 0 amide bonds. The van der Waals surface area contributed by atoms with Crippen molar-refractivity contribution in [3.8, 4) is 0 Å². The molecule has 0 aromatic carbocycles. The molecule has 18 heavy (non-hydrogen) atoms. The van der Waals surface area contributed by atoms with E-state index in [0.29, 0.717) is 0 Å². The summed E-state index contributed by atoms with van der Waals surface area (Å²) in [6.07, 6.45) is 6.27. The van der Waals surface area contributed by atoms with Gasteiger partial charge in [-0.05, 0) is 23.0 Å². The van der Waals surface area contributed by atoms with Gasteiger partial charge in [0.25, 0.3) is 0 Å². The first kappa shape index (κ1) is 18.2. The van der Waals surface area contributed by atoms with E-state index in [1.807, 2.05) is 0 Å². The highest BCUT2D eigenvalue weighted by Gasteiger charge is 2.47. The molecule has 0 bridgehead atoms. The minimum absolute atomic E-state index is 0.777. The Kier molecular flexibility index (Phi) is 9.23. The molecule has 110 valence electrons. The molecule has 0 radical (unpaired) electrons. The average Bonchev–Trinajstić information content (AvgIpc) is 2.41. The third-order valence-corrected chi connectivity index (χ3v) is 11.5. The third-order valence-electron chi connectivity index (χ3n) is 5.00. The van der Waals surface area contributed by atoms with Gasteiger partial charge in [0, 0.05) is 6.61 Å². The lowest BCUT2D eigenvalue weighted by Gasteiger charge is -2.45.